The second-order valence-electron chi connectivity index (χ2n) is 11.4. The molecule has 5 rings (SSSR count). The second kappa shape index (κ2) is 11.8. The monoisotopic (exact) mass is 526 g/mol. The number of piperidine rings is 2. The Morgan fingerprint density at radius 2 is 1.89 bits per heavy atom. The molecule has 3 fully saturated rings. The number of ether oxygens (including phenoxy) is 1. The van der Waals surface area contributed by atoms with Crippen molar-refractivity contribution in [2.45, 2.75) is 77.3 Å². The molecule has 0 aromatic carbocycles. The molecule has 2 N–H and O–H groups in total. The van der Waals surface area contributed by atoms with Crippen molar-refractivity contribution in [3.8, 4) is 5.88 Å². The summed E-state index contributed by atoms with van der Waals surface area (Å²) in [5.41, 5.74) is 6.41. The van der Waals surface area contributed by atoms with Crippen molar-refractivity contribution in [2.75, 3.05) is 49.1 Å². The number of hydrogen-bond acceptors (Lipinski definition) is 10. The Bertz CT molecular complexity index is 1050. The molecule has 11 heteroatoms. The predicted octanol–water partition coefficient (Wildman–Crippen LogP) is 2.83. The van der Waals surface area contributed by atoms with Gasteiger partial charge in [-0.05, 0) is 50.0 Å². The van der Waals surface area contributed by atoms with Gasteiger partial charge >= 0.3 is 6.01 Å². The maximum Gasteiger partial charge on any atom is 0.324 e. The molecule has 3 atom stereocenters. The summed E-state index contributed by atoms with van der Waals surface area (Å²) < 4.78 is 11.4. The molecule has 38 heavy (non-hydrogen) atoms. The van der Waals surface area contributed by atoms with Gasteiger partial charge in [0, 0.05) is 57.2 Å². The third-order valence-electron chi connectivity index (χ3n) is 8.43. The van der Waals surface area contributed by atoms with E-state index in [1.165, 1.54) is 0 Å². The van der Waals surface area contributed by atoms with Crippen molar-refractivity contribution in [3.05, 3.63) is 18.0 Å². The van der Waals surface area contributed by atoms with E-state index in [2.05, 4.69) is 50.9 Å². The molecule has 0 bridgehead atoms. The van der Waals surface area contributed by atoms with Crippen LogP contribution >= 0.6 is 0 Å². The van der Waals surface area contributed by atoms with E-state index in [0.29, 0.717) is 49.8 Å². The highest BCUT2D eigenvalue weighted by atomic mass is 16.5. The normalized spacial score (nSPS) is 23.9. The first-order valence-corrected chi connectivity index (χ1v) is 14.2. The molecular formula is C27H42N8O3. The lowest BCUT2D eigenvalue weighted by Crippen LogP contribution is -2.51. The van der Waals surface area contributed by atoms with Crippen LogP contribution in [0.2, 0.25) is 0 Å². The zero-order valence-corrected chi connectivity index (χ0v) is 23.0. The van der Waals surface area contributed by atoms with Gasteiger partial charge < -0.3 is 29.7 Å². The van der Waals surface area contributed by atoms with Gasteiger partial charge in [-0.15, -0.1) is 10.2 Å². The minimum atomic E-state index is -0.0762. The molecule has 0 aliphatic carbocycles. The predicted molar refractivity (Wildman–Crippen MR) is 144 cm³/mol. The van der Waals surface area contributed by atoms with Gasteiger partial charge in [-0.1, -0.05) is 25.9 Å². The first kappa shape index (κ1) is 26.6. The molecular weight excluding hydrogens is 484 g/mol. The van der Waals surface area contributed by atoms with E-state index >= 15 is 0 Å². The fourth-order valence-corrected chi connectivity index (χ4v) is 5.90. The Kier molecular flexibility index (Phi) is 8.30. The van der Waals surface area contributed by atoms with Crippen LogP contribution in [0.3, 0.4) is 0 Å². The number of rotatable bonds is 9. The standard InChI is InChI=1S/C27H42N8O3/c1-18(2)26-29-27(38-32-26)33-13-9-20(10-14-33)19(3)11-15-37-24-8-7-23(30-31-24)34-16-21(28)22(17-34)35-12-5-4-6-25(35)36/h7-8,18-22H,4-6,9-17,28H2,1-3H3/t19-,21-,22+/m1/s1. The van der Waals surface area contributed by atoms with E-state index in [0.717, 1.165) is 63.4 Å². The highest BCUT2D eigenvalue weighted by Gasteiger charge is 2.38. The summed E-state index contributed by atoms with van der Waals surface area (Å²) >= 11 is 0. The number of anilines is 2. The molecule has 2 aromatic rings. The summed E-state index contributed by atoms with van der Waals surface area (Å²) in [6, 6.07) is 4.44. The first-order chi connectivity index (χ1) is 18.4. The summed E-state index contributed by atoms with van der Waals surface area (Å²) in [4.78, 5) is 23.2. The van der Waals surface area contributed by atoms with Gasteiger partial charge in [0.15, 0.2) is 11.6 Å². The van der Waals surface area contributed by atoms with Crippen LogP contribution in [-0.2, 0) is 4.79 Å². The van der Waals surface area contributed by atoms with Crippen LogP contribution < -0.4 is 20.3 Å². The van der Waals surface area contributed by atoms with Crippen LogP contribution in [-0.4, -0.2) is 82.6 Å². The Morgan fingerprint density at radius 3 is 2.58 bits per heavy atom. The number of carbonyl (C=O) groups excluding carboxylic acids is 1. The van der Waals surface area contributed by atoms with E-state index in [1.54, 1.807) is 0 Å². The van der Waals surface area contributed by atoms with Crippen molar-refractivity contribution >= 4 is 17.7 Å². The van der Waals surface area contributed by atoms with Crippen molar-refractivity contribution in [3.63, 3.8) is 0 Å². The van der Waals surface area contributed by atoms with Crippen LogP contribution in [0.25, 0.3) is 0 Å². The molecule has 3 aliphatic rings. The molecule has 3 aliphatic heterocycles. The van der Waals surface area contributed by atoms with Crippen molar-refractivity contribution in [1.82, 2.24) is 25.2 Å². The van der Waals surface area contributed by atoms with Gasteiger partial charge in [0.25, 0.3) is 0 Å². The topological polar surface area (TPSA) is 127 Å². The lowest BCUT2D eigenvalue weighted by atomic mass is 9.84. The maximum atomic E-state index is 12.4. The largest absolute Gasteiger partial charge is 0.477 e. The van der Waals surface area contributed by atoms with Gasteiger partial charge in [-0.2, -0.15) is 4.98 Å². The summed E-state index contributed by atoms with van der Waals surface area (Å²) in [7, 11) is 0. The number of nitrogens with zero attached hydrogens (tertiary/aromatic N) is 7. The summed E-state index contributed by atoms with van der Waals surface area (Å²) in [5, 5.41) is 12.8. The van der Waals surface area contributed by atoms with Gasteiger partial charge in [-0.25, -0.2) is 0 Å². The van der Waals surface area contributed by atoms with Crippen LogP contribution in [0.1, 0.15) is 71.0 Å². The molecule has 2 aromatic heterocycles. The minimum Gasteiger partial charge on any atom is -0.477 e. The number of likely N-dealkylation sites (tertiary alicyclic amines) is 1. The van der Waals surface area contributed by atoms with Crippen LogP contribution in [0.15, 0.2) is 16.7 Å². The number of amides is 1. The number of hydrogen-bond donors (Lipinski definition) is 1. The van der Waals surface area contributed by atoms with Crippen LogP contribution in [0.5, 0.6) is 5.88 Å². The highest BCUT2D eigenvalue weighted by Crippen LogP contribution is 2.30. The third kappa shape index (κ3) is 6.03. The van der Waals surface area contributed by atoms with E-state index in [1.807, 2.05) is 17.0 Å². The number of aromatic nitrogens is 4. The summed E-state index contributed by atoms with van der Waals surface area (Å²) in [6.45, 7) is 11.1. The zero-order chi connectivity index (χ0) is 26.6. The smallest absolute Gasteiger partial charge is 0.324 e. The van der Waals surface area contributed by atoms with Gasteiger partial charge in [0.1, 0.15) is 0 Å². The van der Waals surface area contributed by atoms with E-state index in [4.69, 9.17) is 15.0 Å². The lowest BCUT2D eigenvalue weighted by molar-refractivity contribution is -0.135. The Hall–Kier alpha value is -2.95. The average molecular weight is 527 g/mol. The third-order valence-corrected chi connectivity index (χ3v) is 8.43. The number of carbonyl (C=O) groups is 1. The van der Waals surface area contributed by atoms with Crippen LogP contribution in [0.4, 0.5) is 11.8 Å². The molecule has 0 radical (unpaired) electrons. The van der Waals surface area contributed by atoms with Crippen LogP contribution in [0, 0.1) is 11.8 Å². The Morgan fingerprint density at radius 1 is 1.08 bits per heavy atom. The first-order valence-electron chi connectivity index (χ1n) is 14.2. The van der Waals surface area contributed by atoms with Crippen molar-refractivity contribution < 1.29 is 14.1 Å². The highest BCUT2D eigenvalue weighted by molar-refractivity contribution is 5.77. The summed E-state index contributed by atoms with van der Waals surface area (Å²) in [5.74, 6) is 3.79. The Balaban J connectivity index is 1.04. The van der Waals surface area contributed by atoms with E-state index in [9.17, 15) is 4.79 Å². The molecule has 3 saturated heterocycles. The maximum absolute atomic E-state index is 12.4. The SMILES string of the molecule is CC(C)c1noc(N2CCC([C@H](C)CCOc3ccc(N4C[C@@H](N)[C@@H](N5CCCCC5=O)C4)nn3)CC2)n1. The van der Waals surface area contributed by atoms with Crippen molar-refractivity contribution in [1.29, 1.82) is 0 Å². The zero-order valence-electron chi connectivity index (χ0n) is 23.0. The minimum absolute atomic E-state index is 0.0402. The molecule has 0 saturated carbocycles. The molecule has 208 valence electrons. The van der Waals surface area contributed by atoms with Gasteiger partial charge in [0.2, 0.25) is 11.8 Å². The summed E-state index contributed by atoms with van der Waals surface area (Å²) in [6.07, 6.45) is 5.85. The van der Waals surface area contributed by atoms with E-state index < -0.39 is 0 Å². The molecule has 0 unspecified atom stereocenters. The van der Waals surface area contributed by atoms with Gasteiger partial charge in [-0.3, -0.25) is 4.79 Å². The molecule has 11 nitrogen and oxygen atoms in total. The molecule has 5 heterocycles. The molecule has 1 amide bonds. The van der Waals surface area contributed by atoms with Crippen molar-refractivity contribution in [2.24, 2.45) is 17.6 Å². The fourth-order valence-electron chi connectivity index (χ4n) is 5.90. The average Bonchev–Trinajstić information content (AvgIpc) is 3.57. The molecule has 0 spiro atoms. The second-order valence-corrected chi connectivity index (χ2v) is 11.4. The fraction of sp³-hybridized carbons (Fsp3) is 0.741. The van der Waals surface area contributed by atoms with E-state index in [-0.39, 0.29) is 23.9 Å². The lowest BCUT2D eigenvalue weighted by Gasteiger charge is -2.34. The quantitative estimate of drug-likeness (QED) is 0.521. The van der Waals surface area contributed by atoms with Gasteiger partial charge in [0.05, 0.1) is 12.6 Å². The Labute approximate surface area is 225 Å². The number of nitrogens with two attached hydrogens (primary N) is 1.